The van der Waals surface area contributed by atoms with Gasteiger partial charge in [-0.2, -0.15) is 9.97 Å². The molecule has 186 valence electrons. The lowest BCUT2D eigenvalue weighted by molar-refractivity contribution is -0.254. The van der Waals surface area contributed by atoms with Crippen LogP contribution in [0.25, 0.3) is 0 Å². The highest BCUT2D eigenvalue weighted by Crippen LogP contribution is 2.36. The van der Waals surface area contributed by atoms with Crippen molar-refractivity contribution in [2.45, 2.75) is 37.6 Å². The van der Waals surface area contributed by atoms with Gasteiger partial charge in [0.05, 0.1) is 20.3 Å². The zero-order valence-corrected chi connectivity index (χ0v) is 20.0. The van der Waals surface area contributed by atoms with E-state index in [1.165, 1.54) is 39.5 Å². The van der Waals surface area contributed by atoms with Crippen LogP contribution in [0.3, 0.4) is 0 Å². The minimum atomic E-state index is -4.72. The lowest BCUT2D eigenvalue weighted by atomic mass is 10.1. The number of hydrogen-bond donors (Lipinski definition) is 2. The molecule has 0 aromatic carbocycles. The Hall–Kier alpha value is -3.59. The molecular formula is C19H24FN5O8S. The van der Waals surface area contributed by atoms with Crippen LogP contribution >= 0.6 is 0 Å². The topological polar surface area (TPSA) is 168 Å². The summed E-state index contributed by atoms with van der Waals surface area (Å²) < 4.78 is 62.9. The van der Waals surface area contributed by atoms with Crippen LogP contribution in [0.4, 0.5) is 15.1 Å². The van der Waals surface area contributed by atoms with Gasteiger partial charge in [-0.05, 0) is 25.5 Å². The second-order valence-electron chi connectivity index (χ2n) is 6.72. The van der Waals surface area contributed by atoms with Gasteiger partial charge < -0.3 is 18.9 Å². The SMILES string of the molecule is COc1cc(OC)nc(NC(=O)NS(=O)(=O)c2c(C)ccnc2C(OC)(OC(C)=O)C(C)F)n1. The average Bonchev–Trinajstić information content (AvgIpc) is 2.75. The number of alkyl halides is 1. The molecule has 0 aliphatic carbocycles. The maximum Gasteiger partial charge on any atom is 0.335 e. The number of sulfonamides is 1. The Labute approximate surface area is 195 Å². The number of aromatic nitrogens is 3. The predicted octanol–water partition coefficient (Wildman–Crippen LogP) is 1.43. The van der Waals surface area contributed by atoms with E-state index in [9.17, 15) is 22.4 Å². The zero-order valence-electron chi connectivity index (χ0n) is 19.2. The van der Waals surface area contributed by atoms with Crippen molar-refractivity contribution in [2.24, 2.45) is 0 Å². The average molecular weight is 501 g/mol. The number of nitrogens with zero attached hydrogens (tertiary/aromatic N) is 3. The predicted molar refractivity (Wildman–Crippen MR) is 114 cm³/mol. The standard InChI is InChI=1S/C19H24FN5O8S/c1-10-7-8-21-16(19(32-6,11(2)20)33-12(3)26)15(10)34(28,29)25-18(27)24-17-22-13(30-4)9-14(23-17)31-5/h7-9,11H,1-6H3,(H2,22,23,24,25,27). The number of pyridine rings is 1. The summed E-state index contributed by atoms with van der Waals surface area (Å²) in [6.07, 6.45) is -0.865. The van der Waals surface area contributed by atoms with Gasteiger partial charge in [0.2, 0.25) is 17.7 Å². The van der Waals surface area contributed by atoms with Crippen molar-refractivity contribution in [1.82, 2.24) is 19.7 Å². The van der Waals surface area contributed by atoms with Crippen molar-refractivity contribution < 1.29 is 41.3 Å². The maximum atomic E-state index is 14.7. The third kappa shape index (κ3) is 5.66. The van der Waals surface area contributed by atoms with Gasteiger partial charge >= 0.3 is 12.0 Å². The van der Waals surface area contributed by atoms with Crippen LogP contribution in [0.15, 0.2) is 23.2 Å². The van der Waals surface area contributed by atoms with Crippen LogP contribution in [-0.4, -0.2) is 62.9 Å². The van der Waals surface area contributed by atoms with E-state index in [1.54, 1.807) is 4.72 Å². The number of halogens is 1. The van der Waals surface area contributed by atoms with Crippen LogP contribution < -0.4 is 19.5 Å². The summed E-state index contributed by atoms with van der Waals surface area (Å²) >= 11 is 0. The quantitative estimate of drug-likeness (QED) is 0.377. The van der Waals surface area contributed by atoms with Gasteiger partial charge in [-0.25, -0.2) is 22.3 Å². The zero-order chi connectivity index (χ0) is 25.7. The Morgan fingerprint density at radius 3 is 2.21 bits per heavy atom. The molecule has 34 heavy (non-hydrogen) atoms. The van der Waals surface area contributed by atoms with Gasteiger partial charge in [0.25, 0.3) is 15.8 Å². The van der Waals surface area contributed by atoms with Crippen LogP contribution in [0.1, 0.15) is 25.1 Å². The van der Waals surface area contributed by atoms with Crippen molar-refractivity contribution >= 4 is 28.0 Å². The van der Waals surface area contributed by atoms with E-state index in [0.29, 0.717) is 0 Å². The fraction of sp³-hybridized carbons (Fsp3) is 0.421. The van der Waals surface area contributed by atoms with E-state index in [-0.39, 0.29) is 23.3 Å². The van der Waals surface area contributed by atoms with Crippen molar-refractivity contribution in [2.75, 3.05) is 26.6 Å². The second-order valence-corrected chi connectivity index (χ2v) is 8.34. The number of urea groups is 1. The molecular weight excluding hydrogens is 477 g/mol. The Morgan fingerprint density at radius 2 is 1.74 bits per heavy atom. The first kappa shape index (κ1) is 26.7. The van der Waals surface area contributed by atoms with Crippen LogP contribution in [-0.2, 0) is 30.1 Å². The Morgan fingerprint density at radius 1 is 1.15 bits per heavy atom. The minimum absolute atomic E-state index is 0.0404. The van der Waals surface area contributed by atoms with Crippen LogP contribution in [0.2, 0.25) is 0 Å². The van der Waals surface area contributed by atoms with Gasteiger partial charge in [0.15, 0.2) is 6.17 Å². The van der Waals surface area contributed by atoms with Crippen molar-refractivity contribution in [3.05, 3.63) is 29.6 Å². The van der Waals surface area contributed by atoms with E-state index in [2.05, 4.69) is 20.3 Å². The van der Waals surface area contributed by atoms with Gasteiger partial charge in [0, 0.05) is 20.2 Å². The second kappa shape index (κ2) is 10.6. The lowest BCUT2D eigenvalue weighted by Crippen LogP contribution is -2.45. The molecule has 2 atom stereocenters. The molecule has 2 unspecified atom stereocenters. The first-order valence-electron chi connectivity index (χ1n) is 9.56. The lowest BCUT2D eigenvalue weighted by Gasteiger charge is -2.33. The van der Waals surface area contributed by atoms with E-state index >= 15 is 0 Å². The molecule has 0 spiro atoms. The highest BCUT2D eigenvalue weighted by Gasteiger charge is 2.48. The molecule has 2 heterocycles. The fourth-order valence-corrected chi connectivity index (χ4v) is 4.27. The summed E-state index contributed by atoms with van der Waals surface area (Å²) in [6.45, 7) is 3.37. The summed E-state index contributed by atoms with van der Waals surface area (Å²) in [7, 11) is -1.06. The summed E-state index contributed by atoms with van der Waals surface area (Å²) in [6, 6.07) is 1.39. The molecule has 2 aromatic heterocycles. The largest absolute Gasteiger partial charge is 0.481 e. The molecule has 0 bridgehead atoms. The number of carbonyl (C=O) groups excluding carboxylic acids is 2. The molecule has 0 aliphatic heterocycles. The molecule has 0 aliphatic rings. The molecule has 15 heteroatoms. The molecule has 13 nitrogen and oxygen atoms in total. The van der Waals surface area contributed by atoms with Crippen LogP contribution in [0, 0.1) is 6.92 Å². The number of anilines is 1. The van der Waals surface area contributed by atoms with Crippen molar-refractivity contribution in [3.63, 3.8) is 0 Å². The summed E-state index contributed by atoms with van der Waals surface area (Å²) in [4.78, 5) is 35.2. The normalized spacial score (nSPS) is 13.9. The molecule has 2 N–H and O–H groups in total. The summed E-state index contributed by atoms with van der Waals surface area (Å²) in [5.41, 5.74) is -0.501. The van der Waals surface area contributed by atoms with Crippen molar-refractivity contribution in [1.29, 1.82) is 0 Å². The number of methoxy groups -OCH3 is 3. The summed E-state index contributed by atoms with van der Waals surface area (Å²) in [5.74, 6) is -3.69. The number of esters is 1. The first-order chi connectivity index (χ1) is 15.9. The maximum absolute atomic E-state index is 14.7. The molecule has 0 fully saturated rings. The number of amides is 2. The highest BCUT2D eigenvalue weighted by molar-refractivity contribution is 7.90. The van der Waals surface area contributed by atoms with E-state index in [0.717, 1.165) is 21.0 Å². The number of aryl methyl sites for hydroxylation is 1. The van der Waals surface area contributed by atoms with Gasteiger partial charge in [-0.3, -0.25) is 15.1 Å². The highest BCUT2D eigenvalue weighted by atomic mass is 32.2. The fourth-order valence-electron chi connectivity index (χ4n) is 2.93. The monoisotopic (exact) mass is 501 g/mol. The van der Waals surface area contributed by atoms with Gasteiger partial charge in [-0.1, -0.05) is 0 Å². The number of rotatable bonds is 9. The molecule has 2 amide bonds. The smallest absolute Gasteiger partial charge is 0.335 e. The van der Waals surface area contributed by atoms with Gasteiger partial charge in [0.1, 0.15) is 10.6 Å². The molecule has 0 saturated heterocycles. The van der Waals surface area contributed by atoms with Crippen LogP contribution in [0.5, 0.6) is 11.8 Å². The van der Waals surface area contributed by atoms with E-state index in [4.69, 9.17) is 18.9 Å². The molecule has 0 saturated carbocycles. The minimum Gasteiger partial charge on any atom is -0.481 e. The Balaban J connectivity index is 2.50. The number of ether oxygens (including phenoxy) is 4. The van der Waals surface area contributed by atoms with E-state index in [1.807, 2.05) is 0 Å². The van der Waals surface area contributed by atoms with Crippen molar-refractivity contribution in [3.8, 4) is 11.8 Å². The number of hydrogen-bond acceptors (Lipinski definition) is 11. The number of nitrogens with one attached hydrogen (secondary N) is 2. The summed E-state index contributed by atoms with van der Waals surface area (Å²) in [5, 5.41) is 2.14. The molecule has 0 radical (unpaired) electrons. The molecule has 2 aromatic rings. The van der Waals surface area contributed by atoms with E-state index < -0.39 is 44.6 Å². The third-order valence-corrected chi connectivity index (χ3v) is 5.88. The number of carbonyl (C=O) groups is 2. The third-order valence-electron chi connectivity index (χ3n) is 4.37. The Bertz CT molecular complexity index is 1160. The Kier molecular flexibility index (Phi) is 8.28. The van der Waals surface area contributed by atoms with Gasteiger partial charge in [-0.15, -0.1) is 0 Å². The molecule has 2 rings (SSSR count). The first-order valence-corrected chi connectivity index (χ1v) is 11.0.